The predicted octanol–water partition coefficient (Wildman–Crippen LogP) is 0.656. The Balaban J connectivity index is 1.85. The number of hydrogen-bond acceptors (Lipinski definition) is 4. The van der Waals surface area contributed by atoms with E-state index in [2.05, 4.69) is 22.3 Å². The summed E-state index contributed by atoms with van der Waals surface area (Å²) in [5.74, 6) is 4.28. The van der Waals surface area contributed by atoms with E-state index in [9.17, 15) is 0 Å². The van der Waals surface area contributed by atoms with Gasteiger partial charge in [-0.05, 0) is 11.7 Å². The maximum atomic E-state index is 4.18. The molecule has 0 aromatic carbocycles. The van der Waals surface area contributed by atoms with Gasteiger partial charge in [-0.2, -0.15) is 16.9 Å². The van der Waals surface area contributed by atoms with Gasteiger partial charge in [0, 0.05) is 18.8 Å². The molecule has 0 radical (unpaired) electrons. The highest BCUT2D eigenvalue weighted by atomic mass is 32.2. The van der Waals surface area contributed by atoms with Crippen LogP contribution in [0.5, 0.6) is 0 Å². The molecular formula is C9H16N4S. The largest absolute Gasteiger partial charge is 0.306 e. The molecule has 0 amide bonds. The molecule has 5 heteroatoms. The number of aryl methyl sites for hydroxylation is 1. The van der Waals surface area contributed by atoms with Crippen LogP contribution < -0.4 is 5.32 Å². The average molecular weight is 212 g/mol. The van der Waals surface area contributed by atoms with Crippen LogP contribution in [0.15, 0.2) is 6.33 Å². The van der Waals surface area contributed by atoms with Gasteiger partial charge in [0.25, 0.3) is 0 Å². The lowest BCUT2D eigenvalue weighted by atomic mass is 10.1. The Morgan fingerprint density at radius 3 is 3.07 bits per heavy atom. The van der Waals surface area contributed by atoms with Crippen LogP contribution in [0.3, 0.4) is 0 Å². The van der Waals surface area contributed by atoms with Gasteiger partial charge in [-0.1, -0.05) is 6.92 Å². The van der Waals surface area contributed by atoms with E-state index in [0.29, 0.717) is 6.04 Å². The van der Waals surface area contributed by atoms with Gasteiger partial charge in [0.2, 0.25) is 0 Å². The third kappa shape index (κ3) is 2.09. The number of hydrogen-bond donors (Lipinski definition) is 1. The van der Waals surface area contributed by atoms with Crippen LogP contribution in [0.1, 0.15) is 12.7 Å². The van der Waals surface area contributed by atoms with E-state index in [0.717, 1.165) is 18.3 Å². The molecule has 1 aliphatic rings. The lowest BCUT2D eigenvalue weighted by Crippen LogP contribution is -2.34. The second-order valence-corrected chi connectivity index (χ2v) is 4.88. The predicted molar refractivity (Wildman–Crippen MR) is 58.1 cm³/mol. The topological polar surface area (TPSA) is 42.7 Å². The first-order chi connectivity index (χ1) is 6.77. The van der Waals surface area contributed by atoms with Gasteiger partial charge in [0.15, 0.2) is 0 Å². The van der Waals surface area contributed by atoms with E-state index in [1.165, 1.54) is 11.5 Å². The average Bonchev–Trinajstić information content (AvgIpc) is 2.72. The molecule has 0 saturated carbocycles. The number of nitrogens with one attached hydrogen (secondary N) is 1. The molecule has 0 spiro atoms. The Kier molecular flexibility index (Phi) is 3.08. The van der Waals surface area contributed by atoms with Gasteiger partial charge >= 0.3 is 0 Å². The minimum absolute atomic E-state index is 0.636. The molecule has 2 rings (SSSR count). The molecule has 14 heavy (non-hydrogen) atoms. The highest BCUT2D eigenvalue weighted by molar-refractivity contribution is 7.99. The second-order valence-electron chi connectivity index (χ2n) is 3.80. The summed E-state index contributed by atoms with van der Waals surface area (Å²) in [4.78, 5) is 4.18. The van der Waals surface area contributed by atoms with E-state index < -0.39 is 0 Å². The number of nitrogens with zero attached hydrogens (tertiary/aromatic N) is 3. The van der Waals surface area contributed by atoms with Crippen molar-refractivity contribution in [1.29, 1.82) is 0 Å². The molecule has 0 bridgehead atoms. The van der Waals surface area contributed by atoms with Crippen molar-refractivity contribution in [3.63, 3.8) is 0 Å². The fourth-order valence-corrected chi connectivity index (χ4v) is 3.06. The summed E-state index contributed by atoms with van der Waals surface area (Å²) < 4.78 is 1.82. The normalized spacial score (nSPS) is 27.0. The Morgan fingerprint density at radius 1 is 1.64 bits per heavy atom. The number of rotatable bonds is 3. The first kappa shape index (κ1) is 9.98. The van der Waals surface area contributed by atoms with E-state index in [4.69, 9.17) is 0 Å². The third-order valence-electron chi connectivity index (χ3n) is 2.69. The first-order valence-corrected chi connectivity index (χ1v) is 6.07. The van der Waals surface area contributed by atoms with Crippen molar-refractivity contribution < 1.29 is 0 Å². The van der Waals surface area contributed by atoms with Crippen LogP contribution >= 0.6 is 11.8 Å². The molecule has 2 heterocycles. The van der Waals surface area contributed by atoms with Gasteiger partial charge in [-0.3, -0.25) is 4.68 Å². The Hall–Kier alpha value is -0.550. The molecule has 1 saturated heterocycles. The van der Waals surface area contributed by atoms with Crippen molar-refractivity contribution in [2.75, 3.05) is 11.5 Å². The van der Waals surface area contributed by atoms with Crippen LogP contribution in [-0.2, 0) is 13.6 Å². The second kappa shape index (κ2) is 4.31. The van der Waals surface area contributed by atoms with Gasteiger partial charge in [0.05, 0.1) is 6.54 Å². The zero-order chi connectivity index (χ0) is 9.97. The molecule has 4 nitrogen and oxygen atoms in total. The summed E-state index contributed by atoms with van der Waals surface area (Å²) in [5, 5.41) is 7.57. The molecule has 78 valence electrons. The monoisotopic (exact) mass is 212 g/mol. The fraction of sp³-hybridized carbons (Fsp3) is 0.778. The van der Waals surface area contributed by atoms with Crippen LogP contribution in [0, 0.1) is 5.92 Å². The summed E-state index contributed by atoms with van der Waals surface area (Å²) in [6, 6.07) is 0.636. The quantitative estimate of drug-likeness (QED) is 0.799. The van der Waals surface area contributed by atoms with E-state index in [1.807, 2.05) is 23.5 Å². The fourth-order valence-electron chi connectivity index (χ4n) is 1.62. The van der Waals surface area contributed by atoms with Crippen molar-refractivity contribution in [2.24, 2.45) is 13.0 Å². The minimum atomic E-state index is 0.636. The Labute approximate surface area is 88.5 Å². The molecule has 1 aromatic heterocycles. The molecular weight excluding hydrogens is 196 g/mol. The lowest BCUT2D eigenvalue weighted by molar-refractivity contribution is 0.442. The highest BCUT2D eigenvalue weighted by Gasteiger charge is 2.23. The number of thioether (sulfide) groups is 1. The highest BCUT2D eigenvalue weighted by Crippen LogP contribution is 2.23. The van der Waals surface area contributed by atoms with E-state index in [1.54, 1.807) is 6.33 Å². The molecule has 1 aromatic rings. The maximum absolute atomic E-state index is 4.18. The van der Waals surface area contributed by atoms with Gasteiger partial charge in [-0.25, -0.2) is 4.98 Å². The summed E-state index contributed by atoms with van der Waals surface area (Å²) in [5.41, 5.74) is 0. The van der Waals surface area contributed by atoms with Crippen LogP contribution in [0.4, 0.5) is 0 Å². The smallest absolute Gasteiger partial charge is 0.140 e. The third-order valence-corrected chi connectivity index (χ3v) is 4.05. The summed E-state index contributed by atoms with van der Waals surface area (Å²) in [6.45, 7) is 3.13. The van der Waals surface area contributed by atoms with Gasteiger partial charge in [0.1, 0.15) is 12.2 Å². The van der Waals surface area contributed by atoms with Crippen molar-refractivity contribution in [2.45, 2.75) is 19.5 Å². The summed E-state index contributed by atoms with van der Waals surface area (Å²) in [6.07, 6.45) is 1.60. The molecule has 2 atom stereocenters. The first-order valence-electron chi connectivity index (χ1n) is 4.91. The molecule has 1 aliphatic heterocycles. The summed E-state index contributed by atoms with van der Waals surface area (Å²) in [7, 11) is 1.93. The van der Waals surface area contributed by atoms with E-state index in [-0.39, 0.29) is 0 Å². The van der Waals surface area contributed by atoms with Crippen molar-refractivity contribution in [1.82, 2.24) is 20.1 Å². The Morgan fingerprint density at radius 2 is 2.50 bits per heavy atom. The lowest BCUT2D eigenvalue weighted by Gasteiger charge is -2.15. The standard InChI is InChI=1S/C9H16N4S/c1-7-4-14-5-8(7)10-3-9-11-6-12-13(9)2/h6-8,10H,3-5H2,1-2H3. The zero-order valence-electron chi connectivity index (χ0n) is 8.60. The SMILES string of the molecule is CC1CSCC1NCc1ncnn1C. The minimum Gasteiger partial charge on any atom is -0.306 e. The van der Waals surface area contributed by atoms with Crippen LogP contribution in [-0.4, -0.2) is 32.3 Å². The molecule has 1 N–H and O–H groups in total. The molecule has 2 unspecified atom stereocenters. The van der Waals surface area contributed by atoms with Crippen molar-refractivity contribution >= 4 is 11.8 Å². The number of aromatic nitrogens is 3. The zero-order valence-corrected chi connectivity index (χ0v) is 9.42. The maximum Gasteiger partial charge on any atom is 0.140 e. The van der Waals surface area contributed by atoms with E-state index >= 15 is 0 Å². The van der Waals surface area contributed by atoms with Crippen LogP contribution in [0.25, 0.3) is 0 Å². The summed E-state index contributed by atoms with van der Waals surface area (Å²) >= 11 is 2.03. The van der Waals surface area contributed by atoms with Gasteiger partial charge < -0.3 is 5.32 Å². The molecule has 0 aliphatic carbocycles. The van der Waals surface area contributed by atoms with Gasteiger partial charge in [-0.15, -0.1) is 0 Å². The molecule has 1 fully saturated rings. The Bertz CT molecular complexity index is 299. The van der Waals surface area contributed by atoms with Crippen molar-refractivity contribution in [3.8, 4) is 0 Å². The van der Waals surface area contributed by atoms with Crippen LogP contribution in [0.2, 0.25) is 0 Å². The van der Waals surface area contributed by atoms with Crippen molar-refractivity contribution in [3.05, 3.63) is 12.2 Å².